The minimum absolute atomic E-state index is 0.0239. The number of hydrogen-bond acceptors (Lipinski definition) is 5. The quantitative estimate of drug-likeness (QED) is 0.146. The van der Waals surface area contributed by atoms with Crippen LogP contribution in [0.4, 0.5) is 5.69 Å². The fourth-order valence-corrected chi connectivity index (χ4v) is 6.37. The minimum atomic E-state index is -0.629. The summed E-state index contributed by atoms with van der Waals surface area (Å²) in [5.74, 6) is -0.228. The third-order valence-electron chi connectivity index (χ3n) is 6.65. The summed E-state index contributed by atoms with van der Waals surface area (Å²) in [6.07, 6.45) is 5.04. The van der Waals surface area contributed by atoms with Crippen LogP contribution in [0.25, 0.3) is 5.69 Å². The van der Waals surface area contributed by atoms with E-state index >= 15 is 0 Å². The van der Waals surface area contributed by atoms with Crippen molar-refractivity contribution in [1.29, 1.82) is 5.41 Å². The van der Waals surface area contributed by atoms with E-state index in [2.05, 4.69) is 46.5 Å². The van der Waals surface area contributed by atoms with Crippen LogP contribution in [0.2, 0.25) is 5.15 Å². The Morgan fingerprint density at radius 2 is 1.45 bits per heavy atom. The van der Waals surface area contributed by atoms with Crippen LogP contribution in [-0.4, -0.2) is 38.7 Å². The number of anilines is 1. The van der Waals surface area contributed by atoms with Crippen molar-refractivity contribution < 1.29 is 4.79 Å². The molecule has 3 aromatic carbocycles. The SMILES string of the molecule is CCN(C(=O)C(=N)CSC(c1ccccc1)(c1ccccc1)c1ccccc1)c1cn(-c2cccnc2)nc1Cl. The third-order valence-corrected chi connectivity index (χ3v) is 8.49. The molecule has 40 heavy (non-hydrogen) atoms. The zero-order valence-electron chi connectivity index (χ0n) is 21.9. The molecule has 8 heteroatoms. The van der Waals surface area contributed by atoms with Crippen molar-refractivity contribution in [2.24, 2.45) is 0 Å². The lowest BCUT2D eigenvalue weighted by atomic mass is 9.84. The van der Waals surface area contributed by atoms with Gasteiger partial charge in [0.2, 0.25) is 0 Å². The molecule has 0 saturated carbocycles. The summed E-state index contributed by atoms with van der Waals surface area (Å²) in [4.78, 5) is 19.3. The summed E-state index contributed by atoms with van der Waals surface area (Å²) < 4.78 is 0.959. The van der Waals surface area contributed by atoms with Crippen LogP contribution in [0.5, 0.6) is 0 Å². The maximum absolute atomic E-state index is 13.7. The highest BCUT2D eigenvalue weighted by atomic mass is 35.5. The Kier molecular flexibility index (Phi) is 8.43. The predicted molar refractivity (Wildman–Crippen MR) is 164 cm³/mol. The molecule has 0 spiro atoms. The summed E-state index contributed by atoms with van der Waals surface area (Å²) >= 11 is 8.04. The summed E-state index contributed by atoms with van der Waals surface area (Å²) in [6.45, 7) is 2.20. The number of carbonyl (C=O) groups is 1. The zero-order valence-corrected chi connectivity index (χ0v) is 23.5. The second kappa shape index (κ2) is 12.3. The third kappa shape index (κ3) is 5.43. The van der Waals surface area contributed by atoms with Gasteiger partial charge in [0.1, 0.15) is 11.4 Å². The van der Waals surface area contributed by atoms with E-state index in [4.69, 9.17) is 17.0 Å². The number of rotatable bonds is 10. The molecule has 0 saturated heterocycles. The molecule has 2 heterocycles. The van der Waals surface area contributed by atoms with E-state index in [0.29, 0.717) is 12.2 Å². The van der Waals surface area contributed by atoms with Crippen molar-refractivity contribution in [2.45, 2.75) is 11.7 Å². The normalized spacial score (nSPS) is 11.2. The fourth-order valence-electron chi connectivity index (χ4n) is 4.74. The van der Waals surface area contributed by atoms with E-state index in [0.717, 1.165) is 22.4 Å². The number of nitrogens with zero attached hydrogens (tertiary/aromatic N) is 4. The molecule has 2 aromatic heterocycles. The Hall–Kier alpha value is -4.20. The van der Waals surface area contributed by atoms with Gasteiger partial charge in [-0.2, -0.15) is 5.10 Å². The molecular formula is C32H28ClN5OS. The first-order chi connectivity index (χ1) is 19.5. The zero-order chi connectivity index (χ0) is 28.0. The van der Waals surface area contributed by atoms with Crippen molar-refractivity contribution in [2.75, 3.05) is 17.2 Å². The van der Waals surface area contributed by atoms with Gasteiger partial charge < -0.3 is 4.90 Å². The second-order valence-corrected chi connectivity index (χ2v) is 10.6. The average Bonchev–Trinajstić information content (AvgIpc) is 3.40. The van der Waals surface area contributed by atoms with Gasteiger partial charge in [0.25, 0.3) is 5.91 Å². The lowest BCUT2D eigenvalue weighted by Gasteiger charge is -2.35. The molecule has 0 fully saturated rings. The first kappa shape index (κ1) is 27.4. The molecule has 200 valence electrons. The number of pyridine rings is 1. The molecule has 0 bridgehead atoms. The van der Waals surface area contributed by atoms with Crippen molar-refractivity contribution >= 4 is 40.7 Å². The van der Waals surface area contributed by atoms with E-state index in [1.54, 1.807) is 41.1 Å². The fraction of sp³-hybridized carbons (Fsp3) is 0.125. The molecule has 0 aliphatic heterocycles. The maximum Gasteiger partial charge on any atom is 0.272 e. The number of halogens is 1. The largest absolute Gasteiger partial charge is 0.303 e. The first-order valence-corrected chi connectivity index (χ1v) is 14.3. The van der Waals surface area contributed by atoms with E-state index in [9.17, 15) is 4.79 Å². The van der Waals surface area contributed by atoms with Crippen LogP contribution >= 0.6 is 23.4 Å². The number of nitrogens with one attached hydrogen (secondary N) is 1. The topological polar surface area (TPSA) is 74.9 Å². The number of benzene rings is 3. The summed E-state index contributed by atoms with van der Waals surface area (Å²) in [6, 6.07) is 34.4. The minimum Gasteiger partial charge on any atom is -0.303 e. The van der Waals surface area contributed by atoms with Crippen molar-refractivity contribution in [3.8, 4) is 5.69 Å². The Balaban J connectivity index is 1.47. The van der Waals surface area contributed by atoms with E-state index in [1.165, 1.54) is 4.90 Å². The van der Waals surface area contributed by atoms with E-state index in [1.807, 2.05) is 67.6 Å². The van der Waals surface area contributed by atoms with Crippen LogP contribution in [-0.2, 0) is 9.54 Å². The van der Waals surface area contributed by atoms with Gasteiger partial charge in [-0.05, 0) is 35.7 Å². The molecule has 0 aliphatic rings. The van der Waals surface area contributed by atoms with Crippen LogP contribution in [0.1, 0.15) is 23.6 Å². The highest BCUT2D eigenvalue weighted by molar-refractivity contribution is 8.01. The molecule has 5 rings (SSSR count). The molecule has 0 atom stereocenters. The molecule has 0 radical (unpaired) electrons. The van der Waals surface area contributed by atoms with Gasteiger partial charge in [-0.25, -0.2) is 4.68 Å². The molecule has 1 N–H and O–H groups in total. The van der Waals surface area contributed by atoms with E-state index < -0.39 is 10.7 Å². The Morgan fingerprint density at radius 1 is 0.900 bits per heavy atom. The smallest absolute Gasteiger partial charge is 0.272 e. The highest BCUT2D eigenvalue weighted by Gasteiger charge is 2.38. The van der Waals surface area contributed by atoms with Crippen LogP contribution in [0.3, 0.4) is 0 Å². The number of hydrogen-bond donors (Lipinski definition) is 1. The Labute approximate surface area is 243 Å². The maximum atomic E-state index is 13.7. The first-order valence-electron chi connectivity index (χ1n) is 12.9. The monoisotopic (exact) mass is 565 g/mol. The van der Waals surface area contributed by atoms with Crippen LogP contribution in [0, 0.1) is 5.41 Å². The lowest BCUT2D eigenvalue weighted by Crippen LogP contribution is -2.38. The van der Waals surface area contributed by atoms with Crippen molar-refractivity contribution in [1.82, 2.24) is 14.8 Å². The highest BCUT2D eigenvalue weighted by Crippen LogP contribution is 2.48. The molecule has 1 amide bonds. The molecule has 0 unspecified atom stereocenters. The van der Waals surface area contributed by atoms with Gasteiger partial charge in [0.05, 0.1) is 22.8 Å². The van der Waals surface area contributed by atoms with Crippen LogP contribution in [0.15, 0.2) is 122 Å². The number of aromatic nitrogens is 3. The number of thioether (sulfide) groups is 1. The summed E-state index contributed by atoms with van der Waals surface area (Å²) in [5.41, 5.74) is 4.38. The molecule has 0 aliphatic carbocycles. The van der Waals surface area contributed by atoms with Crippen molar-refractivity contribution in [3.05, 3.63) is 144 Å². The standard InChI is InChI=1S/C32H28ClN5OS/c1-2-37(29-22-38(36-30(29)33)27-19-12-20-35-21-27)31(39)28(34)23-40-32(24-13-6-3-7-14-24,25-15-8-4-9-16-25)26-17-10-5-11-18-26/h3-22,34H,2,23H2,1H3. The number of amides is 1. The van der Waals surface area contributed by atoms with Crippen LogP contribution < -0.4 is 4.90 Å². The van der Waals surface area contributed by atoms with Gasteiger partial charge in [-0.1, -0.05) is 103 Å². The van der Waals surface area contributed by atoms with Gasteiger partial charge in [-0.3, -0.25) is 15.2 Å². The molecule has 5 aromatic rings. The second-order valence-electron chi connectivity index (χ2n) is 9.06. The molecule has 6 nitrogen and oxygen atoms in total. The summed E-state index contributed by atoms with van der Waals surface area (Å²) in [5, 5.41) is 13.4. The van der Waals surface area contributed by atoms with Gasteiger partial charge >= 0.3 is 0 Å². The Morgan fingerprint density at radius 3 is 1.93 bits per heavy atom. The summed E-state index contributed by atoms with van der Waals surface area (Å²) in [7, 11) is 0. The van der Waals surface area contributed by atoms with Gasteiger partial charge in [0.15, 0.2) is 5.15 Å². The molecular weight excluding hydrogens is 538 g/mol. The van der Waals surface area contributed by atoms with Gasteiger partial charge in [0, 0.05) is 18.5 Å². The van der Waals surface area contributed by atoms with Gasteiger partial charge in [-0.15, -0.1) is 11.8 Å². The number of carbonyl (C=O) groups excluding carboxylic acids is 1. The average molecular weight is 566 g/mol. The van der Waals surface area contributed by atoms with Crippen molar-refractivity contribution in [3.63, 3.8) is 0 Å². The predicted octanol–water partition coefficient (Wildman–Crippen LogP) is 7.02. The van der Waals surface area contributed by atoms with E-state index in [-0.39, 0.29) is 16.6 Å². The lowest BCUT2D eigenvalue weighted by molar-refractivity contribution is -0.112. The Bertz CT molecular complexity index is 1480.